The first-order chi connectivity index (χ1) is 12.6. The third kappa shape index (κ3) is 2.23. The van der Waals surface area contributed by atoms with E-state index in [0.29, 0.717) is 5.02 Å². The molecule has 0 radical (unpaired) electrons. The van der Waals surface area contributed by atoms with Gasteiger partial charge in [-0.05, 0) is 68.1 Å². The van der Waals surface area contributed by atoms with Crippen molar-refractivity contribution in [3.8, 4) is 0 Å². The molecule has 1 amide bonds. The van der Waals surface area contributed by atoms with E-state index in [1.807, 2.05) is 41.4 Å². The topological polar surface area (TPSA) is 26.8 Å². The van der Waals surface area contributed by atoms with Gasteiger partial charge in [0.1, 0.15) is 5.66 Å². The van der Waals surface area contributed by atoms with Crippen molar-refractivity contribution in [3.05, 3.63) is 57.5 Å². The van der Waals surface area contributed by atoms with Gasteiger partial charge in [-0.15, -0.1) is 0 Å². The molecule has 26 heavy (non-hydrogen) atoms. The number of benzene rings is 2. The first-order valence-electron chi connectivity index (χ1n) is 9.05. The fourth-order valence-corrected chi connectivity index (χ4v) is 5.30. The third-order valence-corrected chi connectivity index (χ3v) is 6.59. The Morgan fingerprint density at radius 1 is 1.00 bits per heavy atom. The van der Waals surface area contributed by atoms with E-state index in [2.05, 4.69) is 31.9 Å². The molecule has 3 aliphatic rings. The molecule has 3 aliphatic heterocycles. The van der Waals surface area contributed by atoms with Gasteiger partial charge in [0.05, 0.1) is 16.9 Å². The van der Waals surface area contributed by atoms with Crippen molar-refractivity contribution in [1.82, 2.24) is 5.01 Å². The number of fused-ring (bicyclic) bond motifs is 2. The molecule has 1 spiro atoms. The van der Waals surface area contributed by atoms with E-state index >= 15 is 0 Å². The van der Waals surface area contributed by atoms with Gasteiger partial charge in [-0.1, -0.05) is 27.5 Å². The van der Waals surface area contributed by atoms with Crippen LogP contribution < -0.4 is 9.91 Å². The third-order valence-electron chi connectivity index (χ3n) is 5.84. The minimum Gasteiger partial charge on any atom is -0.346 e. The lowest BCUT2D eigenvalue weighted by Gasteiger charge is -2.58. The number of hydrogen-bond donors (Lipinski definition) is 0. The van der Waals surface area contributed by atoms with E-state index < -0.39 is 0 Å². The summed E-state index contributed by atoms with van der Waals surface area (Å²) in [4.78, 5) is 16.1. The average molecular weight is 433 g/mol. The molecule has 3 heterocycles. The summed E-state index contributed by atoms with van der Waals surface area (Å²) in [5.41, 5.74) is 2.63. The molecule has 0 aliphatic carbocycles. The van der Waals surface area contributed by atoms with Gasteiger partial charge in [-0.3, -0.25) is 9.80 Å². The van der Waals surface area contributed by atoms with E-state index in [1.165, 1.54) is 0 Å². The molecule has 0 N–H and O–H groups in total. The molecule has 2 aromatic carbocycles. The number of nitrogens with zero attached hydrogens (tertiary/aromatic N) is 3. The van der Waals surface area contributed by atoms with Crippen molar-refractivity contribution in [3.63, 3.8) is 0 Å². The van der Waals surface area contributed by atoms with Crippen LogP contribution in [0.2, 0.25) is 5.02 Å². The molecule has 2 aromatic rings. The summed E-state index contributed by atoms with van der Waals surface area (Å²) in [5, 5.41) is 4.90. The molecule has 4 nitrogen and oxygen atoms in total. The van der Waals surface area contributed by atoms with Gasteiger partial charge in [0.15, 0.2) is 0 Å². The van der Waals surface area contributed by atoms with Crippen LogP contribution in [0.3, 0.4) is 0 Å². The van der Waals surface area contributed by atoms with E-state index in [9.17, 15) is 4.79 Å². The molecule has 0 bridgehead atoms. The minimum absolute atomic E-state index is 0.0918. The minimum atomic E-state index is -0.240. The largest absolute Gasteiger partial charge is 0.346 e. The van der Waals surface area contributed by atoms with Gasteiger partial charge in [0.2, 0.25) is 0 Å². The second-order valence-corrected chi connectivity index (χ2v) is 8.57. The number of carbonyl (C=O) groups excluding carboxylic acids is 1. The number of hydrogen-bond acceptors (Lipinski definition) is 3. The molecule has 5 rings (SSSR count). The van der Waals surface area contributed by atoms with Gasteiger partial charge >= 0.3 is 0 Å². The highest BCUT2D eigenvalue weighted by Gasteiger charge is 2.56. The molecule has 134 valence electrons. The highest BCUT2D eigenvalue weighted by molar-refractivity contribution is 9.10. The van der Waals surface area contributed by atoms with Crippen molar-refractivity contribution in [1.29, 1.82) is 0 Å². The number of rotatable bonds is 1. The summed E-state index contributed by atoms with van der Waals surface area (Å²) in [6.45, 7) is 1.83. The first kappa shape index (κ1) is 16.5. The normalized spacial score (nSPS) is 24.4. The average Bonchev–Trinajstić information content (AvgIpc) is 3.06. The fourth-order valence-electron chi connectivity index (χ4n) is 4.82. The van der Waals surface area contributed by atoms with Gasteiger partial charge in [-0.25, -0.2) is 5.01 Å². The van der Waals surface area contributed by atoms with Gasteiger partial charge in [0, 0.05) is 22.6 Å². The molecular formula is C20H19BrClN3O. The summed E-state index contributed by atoms with van der Waals surface area (Å²) in [6.07, 6.45) is 4.19. The van der Waals surface area contributed by atoms with Gasteiger partial charge < -0.3 is 4.90 Å². The molecule has 1 atom stereocenters. The Morgan fingerprint density at radius 2 is 1.73 bits per heavy atom. The predicted molar refractivity (Wildman–Crippen MR) is 108 cm³/mol. The number of anilines is 2. The van der Waals surface area contributed by atoms with Crippen LogP contribution >= 0.6 is 27.5 Å². The Morgan fingerprint density at radius 3 is 2.50 bits per heavy atom. The van der Waals surface area contributed by atoms with Crippen LogP contribution in [0, 0.1) is 0 Å². The Hall–Kier alpha value is -1.72. The van der Waals surface area contributed by atoms with Crippen LogP contribution in [0.25, 0.3) is 0 Å². The lowest BCUT2D eigenvalue weighted by atomic mass is 9.91. The lowest BCUT2D eigenvalue weighted by Crippen LogP contribution is -2.70. The molecule has 0 aromatic heterocycles. The second-order valence-electron chi connectivity index (χ2n) is 7.22. The Kier molecular flexibility index (Phi) is 3.73. The van der Waals surface area contributed by atoms with E-state index in [0.717, 1.165) is 60.2 Å². The zero-order valence-corrected chi connectivity index (χ0v) is 16.6. The van der Waals surface area contributed by atoms with Crippen LogP contribution in [0.15, 0.2) is 46.9 Å². The summed E-state index contributed by atoms with van der Waals surface area (Å²) in [7, 11) is 0. The Labute approximate surface area is 166 Å². The molecular weight excluding hydrogens is 414 g/mol. The van der Waals surface area contributed by atoms with E-state index in [4.69, 9.17) is 11.6 Å². The number of amides is 1. The summed E-state index contributed by atoms with van der Waals surface area (Å²) < 4.78 is 0.936. The van der Waals surface area contributed by atoms with Crippen LogP contribution in [-0.4, -0.2) is 29.7 Å². The van der Waals surface area contributed by atoms with Crippen LogP contribution in [0.1, 0.15) is 36.0 Å². The maximum Gasteiger partial charge on any atom is 0.276 e. The van der Waals surface area contributed by atoms with Crippen molar-refractivity contribution in [2.24, 2.45) is 0 Å². The second kappa shape index (κ2) is 5.89. The zero-order valence-electron chi connectivity index (χ0n) is 14.3. The molecule has 0 saturated carbocycles. The lowest BCUT2D eigenvalue weighted by molar-refractivity contribution is 0.0262. The first-order valence-corrected chi connectivity index (χ1v) is 10.2. The summed E-state index contributed by atoms with van der Waals surface area (Å²) >= 11 is 9.60. The molecule has 1 unspecified atom stereocenters. The zero-order chi connectivity index (χ0) is 17.9. The maximum absolute atomic E-state index is 13.6. The Bertz CT molecular complexity index is 887. The molecule has 2 fully saturated rings. The fraction of sp³-hybridized carbons (Fsp3) is 0.350. The highest BCUT2D eigenvalue weighted by Crippen LogP contribution is 2.49. The van der Waals surface area contributed by atoms with E-state index in [-0.39, 0.29) is 11.6 Å². The molecule has 2 saturated heterocycles. The Balaban J connectivity index is 1.68. The van der Waals surface area contributed by atoms with Gasteiger partial charge in [-0.2, -0.15) is 0 Å². The van der Waals surface area contributed by atoms with Crippen molar-refractivity contribution in [2.75, 3.05) is 23.0 Å². The summed E-state index contributed by atoms with van der Waals surface area (Å²) in [5.74, 6) is 0.0918. The SMILES string of the molecule is O=C1c2cc(Br)ccc2N2CCCC23CCCN(c2ccc(Cl)cc2)N13. The van der Waals surface area contributed by atoms with Crippen LogP contribution in [0.4, 0.5) is 11.4 Å². The van der Waals surface area contributed by atoms with Crippen LogP contribution in [0.5, 0.6) is 0 Å². The number of hydrazine groups is 1. The standard InChI is InChI=1S/C20H19BrClN3O/c21-14-3-8-18-17(13-14)19(26)25-20(9-1-11-23(18)20)10-2-12-24(25)16-6-4-15(22)5-7-16/h3-8,13H,1-2,9-12H2. The van der Waals surface area contributed by atoms with Crippen LogP contribution in [-0.2, 0) is 0 Å². The summed E-state index contributed by atoms with van der Waals surface area (Å²) in [6, 6.07) is 13.9. The van der Waals surface area contributed by atoms with Crippen molar-refractivity contribution < 1.29 is 4.79 Å². The predicted octanol–water partition coefficient (Wildman–Crippen LogP) is 5.07. The highest BCUT2D eigenvalue weighted by atomic mass is 79.9. The quantitative estimate of drug-likeness (QED) is 0.629. The molecule has 6 heteroatoms. The smallest absolute Gasteiger partial charge is 0.276 e. The van der Waals surface area contributed by atoms with E-state index in [1.54, 1.807) is 0 Å². The number of halogens is 2. The monoisotopic (exact) mass is 431 g/mol. The van der Waals surface area contributed by atoms with Gasteiger partial charge in [0.25, 0.3) is 5.91 Å². The van der Waals surface area contributed by atoms with Crippen molar-refractivity contribution in [2.45, 2.75) is 31.3 Å². The number of carbonyl (C=O) groups is 1. The maximum atomic E-state index is 13.6. The van der Waals surface area contributed by atoms with Crippen molar-refractivity contribution >= 4 is 44.8 Å².